The molecule has 4 N–H and O–H groups in total. The Labute approximate surface area is 114 Å². The molecule has 1 aromatic carbocycles. The molecule has 0 aliphatic carbocycles. The second kappa shape index (κ2) is 5.89. The summed E-state index contributed by atoms with van der Waals surface area (Å²) < 4.78 is 1.05. The van der Waals surface area contributed by atoms with Gasteiger partial charge < -0.3 is 11.5 Å². The molecule has 2 unspecified atom stereocenters. The summed E-state index contributed by atoms with van der Waals surface area (Å²) in [5.74, 6) is -0.458. The van der Waals surface area contributed by atoms with Crippen molar-refractivity contribution in [1.82, 2.24) is 0 Å². The Bertz CT molecular complexity index is 392. The fourth-order valence-electron chi connectivity index (χ4n) is 1.48. The van der Waals surface area contributed by atoms with Crippen LogP contribution < -0.4 is 11.5 Å². The van der Waals surface area contributed by atoms with Gasteiger partial charge in [0.25, 0.3) is 0 Å². The number of nitrogens with two attached hydrogens (primary N) is 2. The van der Waals surface area contributed by atoms with Gasteiger partial charge in [-0.25, -0.2) is 0 Å². The van der Waals surface area contributed by atoms with Crippen molar-refractivity contribution >= 4 is 33.6 Å². The molecule has 0 aliphatic heterocycles. The third-order valence-electron chi connectivity index (χ3n) is 2.43. The molecule has 0 spiro atoms. The van der Waals surface area contributed by atoms with E-state index in [-0.39, 0.29) is 5.25 Å². The average molecular weight is 317 g/mol. The van der Waals surface area contributed by atoms with E-state index in [1.54, 1.807) is 18.7 Å². The number of hydrogen-bond acceptors (Lipinski definition) is 3. The third kappa shape index (κ3) is 4.69. The summed E-state index contributed by atoms with van der Waals surface area (Å²) in [6.45, 7) is 3.72. The Kier molecular flexibility index (Phi) is 5.04. The molecule has 1 aromatic rings. The standard InChI is InChI=1S/C12H17BrN2OS/c1-8(7-12(2,15)11(14)16)17-10-5-3-9(13)4-6-10/h3-6,8H,7,15H2,1-2H3,(H2,14,16). The molecule has 5 heteroatoms. The van der Waals surface area contributed by atoms with Crippen molar-refractivity contribution in [3.63, 3.8) is 0 Å². The summed E-state index contributed by atoms with van der Waals surface area (Å²) in [6, 6.07) is 8.04. The zero-order valence-electron chi connectivity index (χ0n) is 9.94. The van der Waals surface area contributed by atoms with Gasteiger partial charge in [-0.15, -0.1) is 11.8 Å². The summed E-state index contributed by atoms with van der Waals surface area (Å²) in [6.07, 6.45) is 0.559. The zero-order chi connectivity index (χ0) is 13.1. The molecule has 0 bridgehead atoms. The van der Waals surface area contributed by atoms with Gasteiger partial charge in [-0.05, 0) is 37.6 Å². The van der Waals surface area contributed by atoms with Crippen LogP contribution in [0.2, 0.25) is 0 Å². The van der Waals surface area contributed by atoms with E-state index in [2.05, 4.69) is 15.9 Å². The van der Waals surface area contributed by atoms with Crippen molar-refractivity contribution in [2.45, 2.75) is 36.0 Å². The topological polar surface area (TPSA) is 69.1 Å². The van der Waals surface area contributed by atoms with Gasteiger partial charge in [0, 0.05) is 14.6 Å². The SMILES string of the molecule is CC(CC(C)(N)C(N)=O)Sc1ccc(Br)cc1. The quantitative estimate of drug-likeness (QED) is 0.820. The smallest absolute Gasteiger partial charge is 0.237 e. The average Bonchev–Trinajstić information content (AvgIpc) is 2.20. The van der Waals surface area contributed by atoms with E-state index in [1.807, 2.05) is 31.2 Å². The minimum atomic E-state index is -0.943. The van der Waals surface area contributed by atoms with E-state index in [4.69, 9.17) is 11.5 Å². The lowest BCUT2D eigenvalue weighted by Gasteiger charge is -2.24. The molecule has 0 aromatic heterocycles. The van der Waals surface area contributed by atoms with Crippen molar-refractivity contribution in [1.29, 1.82) is 0 Å². The molecule has 1 amide bonds. The highest BCUT2D eigenvalue weighted by Gasteiger charge is 2.28. The van der Waals surface area contributed by atoms with Crippen molar-refractivity contribution in [3.05, 3.63) is 28.7 Å². The highest BCUT2D eigenvalue weighted by molar-refractivity contribution is 9.10. The second-order valence-electron chi connectivity index (χ2n) is 4.37. The van der Waals surface area contributed by atoms with Gasteiger partial charge in [0.1, 0.15) is 0 Å². The Morgan fingerprint density at radius 2 is 2.00 bits per heavy atom. The van der Waals surface area contributed by atoms with Gasteiger partial charge in [0.05, 0.1) is 5.54 Å². The van der Waals surface area contributed by atoms with E-state index in [1.165, 1.54) is 0 Å². The van der Waals surface area contributed by atoms with Gasteiger partial charge in [0.15, 0.2) is 0 Å². The molecule has 0 fully saturated rings. The van der Waals surface area contributed by atoms with Crippen LogP contribution in [0.5, 0.6) is 0 Å². The highest BCUT2D eigenvalue weighted by atomic mass is 79.9. The molecule has 0 heterocycles. The largest absolute Gasteiger partial charge is 0.368 e. The summed E-state index contributed by atoms with van der Waals surface area (Å²) >= 11 is 5.08. The molecule has 0 saturated heterocycles. The molecule has 2 atom stereocenters. The first-order valence-corrected chi connectivity index (χ1v) is 6.99. The van der Waals surface area contributed by atoms with Crippen LogP contribution >= 0.6 is 27.7 Å². The van der Waals surface area contributed by atoms with Crippen molar-refractivity contribution < 1.29 is 4.79 Å². The molecule has 0 saturated carbocycles. The van der Waals surface area contributed by atoms with Crippen LogP contribution in [0.15, 0.2) is 33.6 Å². The summed E-state index contributed by atoms with van der Waals surface area (Å²) in [5.41, 5.74) is 10.2. The van der Waals surface area contributed by atoms with Gasteiger partial charge in [-0.1, -0.05) is 22.9 Å². The fourth-order valence-corrected chi connectivity index (χ4v) is 2.94. The fraction of sp³-hybridized carbons (Fsp3) is 0.417. The molecular formula is C12H17BrN2OS. The summed E-state index contributed by atoms with van der Waals surface area (Å²) in [7, 11) is 0. The minimum Gasteiger partial charge on any atom is -0.368 e. The van der Waals surface area contributed by atoms with Crippen molar-refractivity contribution in [3.8, 4) is 0 Å². The maximum atomic E-state index is 11.1. The summed E-state index contributed by atoms with van der Waals surface area (Å²) in [4.78, 5) is 12.3. The summed E-state index contributed by atoms with van der Waals surface area (Å²) in [5, 5.41) is 0.235. The first kappa shape index (κ1) is 14.5. The normalized spacial score (nSPS) is 16.2. The number of carbonyl (C=O) groups is 1. The zero-order valence-corrected chi connectivity index (χ0v) is 12.3. The second-order valence-corrected chi connectivity index (χ2v) is 6.80. The lowest BCUT2D eigenvalue weighted by molar-refractivity contribution is -0.122. The van der Waals surface area contributed by atoms with E-state index in [0.717, 1.165) is 9.37 Å². The van der Waals surface area contributed by atoms with Gasteiger partial charge in [-0.2, -0.15) is 0 Å². The number of benzene rings is 1. The maximum Gasteiger partial charge on any atom is 0.237 e. The van der Waals surface area contributed by atoms with Gasteiger partial charge in [-0.3, -0.25) is 4.79 Å². The Balaban J connectivity index is 2.58. The highest BCUT2D eigenvalue weighted by Crippen LogP contribution is 2.28. The van der Waals surface area contributed by atoms with Crippen molar-refractivity contribution in [2.75, 3.05) is 0 Å². The van der Waals surface area contributed by atoms with E-state index in [0.29, 0.717) is 6.42 Å². The van der Waals surface area contributed by atoms with E-state index in [9.17, 15) is 4.79 Å². The molecule has 1 rings (SSSR count). The molecule has 94 valence electrons. The first-order valence-electron chi connectivity index (χ1n) is 5.32. The Morgan fingerprint density at radius 3 is 2.47 bits per heavy atom. The molecular weight excluding hydrogens is 300 g/mol. The van der Waals surface area contributed by atoms with Crippen LogP contribution in [0.1, 0.15) is 20.3 Å². The maximum absolute atomic E-state index is 11.1. The number of thioether (sulfide) groups is 1. The number of amides is 1. The van der Waals surface area contributed by atoms with Crippen LogP contribution in [-0.2, 0) is 4.79 Å². The lowest BCUT2D eigenvalue weighted by atomic mass is 9.97. The van der Waals surface area contributed by atoms with E-state index < -0.39 is 11.4 Å². The number of halogens is 1. The molecule has 0 aliphatic rings. The Morgan fingerprint density at radius 1 is 1.47 bits per heavy atom. The first-order chi connectivity index (χ1) is 7.81. The van der Waals surface area contributed by atoms with E-state index >= 15 is 0 Å². The molecule has 17 heavy (non-hydrogen) atoms. The van der Waals surface area contributed by atoms with Gasteiger partial charge in [0.2, 0.25) is 5.91 Å². The number of rotatable bonds is 5. The third-order valence-corrected chi connectivity index (χ3v) is 4.07. The Hall–Kier alpha value is -0.520. The number of hydrogen-bond donors (Lipinski definition) is 2. The van der Waals surface area contributed by atoms with Crippen LogP contribution in [0, 0.1) is 0 Å². The van der Waals surface area contributed by atoms with Crippen LogP contribution in [-0.4, -0.2) is 16.7 Å². The van der Waals surface area contributed by atoms with Crippen LogP contribution in [0.4, 0.5) is 0 Å². The predicted octanol–water partition coefficient (Wildman–Crippen LogP) is 2.52. The number of carbonyl (C=O) groups excluding carboxylic acids is 1. The van der Waals surface area contributed by atoms with Crippen molar-refractivity contribution in [2.24, 2.45) is 11.5 Å². The predicted molar refractivity (Wildman–Crippen MR) is 75.9 cm³/mol. The monoisotopic (exact) mass is 316 g/mol. The van der Waals surface area contributed by atoms with Crippen LogP contribution in [0.25, 0.3) is 0 Å². The number of primary amides is 1. The minimum absolute atomic E-state index is 0.235. The lowest BCUT2D eigenvalue weighted by Crippen LogP contribution is -2.50. The van der Waals surface area contributed by atoms with Crippen LogP contribution in [0.3, 0.4) is 0 Å². The van der Waals surface area contributed by atoms with Gasteiger partial charge >= 0.3 is 0 Å². The molecule has 0 radical (unpaired) electrons. The molecule has 3 nitrogen and oxygen atoms in total.